The first-order valence-electron chi connectivity index (χ1n) is 7.65. The lowest BCUT2D eigenvalue weighted by Gasteiger charge is -1.99. The highest BCUT2D eigenvalue weighted by atomic mass is 35.5. The van der Waals surface area contributed by atoms with E-state index in [0.29, 0.717) is 21.6 Å². The van der Waals surface area contributed by atoms with Crippen molar-refractivity contribution in [2.24, 2.45) is 5.10 Å². The highest BCUT2D eigenvalue weighted by Crippen LogP contribution is 2.19. The Kier molecular flexibility index (Phi) is 4.02. The number of halogens is 1. The highest BCUT2D eigenvalue weighted by molar-refractivity contribution is 6.31. The van der Waals surface area contributed by atoms with Crippen LogP contribution in [0.15, 0.2) is 73.5 Å². The van der Waals surface area contributed by atoms with Gasteiger partial charge in [-0.2, -0.15) is 5.10 Å². The summed E-state index contributed by atoms with van der Waals surface area (Å²) in [4.78, 5) is 24.5. The molecule has 1 N–H and O–H groups in total. The molecule has 0 spiro atoms. The van der Waals surface area contributed by atoms with Crippen molar-refractivity contribution in [2.45, 2.75) is 0 Å². The van der Waals surface area contributed by atoms with E-state index in [0.717, 1.165) is 5.39 Å². The minimum atomic E-state index is -0.523. The van der Waals surface area contributed by atoms with Crippen LogP contribution >= 0.6 is 11.6 Å². The summed E-state index contributed by atoms with van der Waals surface area (Å²) in [6, 6.07) is 13.7. The van der Waals surface area contributed by atoms with Crippen molar-refractivity contribution in [3.05, 3.63) is 81.4 Å². The zero-order valence-corrected chi connectivity index (χ0v) is 14.0. The van der Waals surface area contributed by atoms with Gasteiger partial charge in [-0.25, -0.2) is 5.43 Å². The van der Waals surface area contributed by atoms with E-state index in [1.807, 2.05) is 18.2 Å². The van der Waals surface area contributed by atoms with Crippen LogP contribution in [0.4, 0.5) is 0 Å². The maximum absolute atomic E-state index is 12.4. The van der Waals surface area contributed by atoms with Crippen LogP contribution < -0.4 is 10.9 Å². The van der Waals surface area contributed by atoms with E-state index in [1.165, 1.54) is 18.5 Å². The molecular weight excluding hydrogens is 356 g/mol. The number of hydrazone groups is 1. The number of para-hydroxylation sites is 1. The standard InChI is InChI=1S/C19H11ClN2O4/c20-13-5-6-16-14(8-13)18(23)12(10-25-16)9-21-22-19(24)17-7-11-3-1-2-4-15(11)26-17/h1-10H,(H,22,24)/b21-9-. The minimum absolute atomic E-state index is 0.126. The molecule has 0 unspecified atom stereocenters. The first-order valence-corrected chi connectivity index (χ1v) is 8.03. The molecule has 6 nitrogen and oxygen atoms in total. The molecule has 0 fully saturated rings. The predicted octanol–water partition coefficient (Wildman–Crippen LogP) is 3.96. The maximum atomic E-state index is 12.4. The fourth-order valence-electron chi connectivity index (χ4n) is 2.52. The number of fused-ring (bicyclic) bond motifs is 2. The highest BCUT2D eigenvalue weighted by Gasteiger charge is 2.11. The third-order valence-corrected chi connectivity index (χ3v) is 4.02. The molecule has 4 rings (SSSR count). The Balaban J connectivity index is 1.56. The summed E-state index contributed by atoms with van der Waals surface area (Å²) in [5.41, 5.74) is 3.24. The predicted molar refractivity (Wildman–Crippen MR) is 98.8 cm³/mol. The summed E-state index contributed by atoms with van der Waals surface area (Å²) in [7, 11) is 0. The molecule has 0 radical (unpaired) electrons. The summed E-state index contributed by atoms with van der Waals surface area (Å²) >= 11 is 5.91. The molecule has 0 aliphatic rings. The summed E-state index contributed by atoms with van der Waals surface area (Å²) in [6.45, 7) is 0. The number of carbonyl (C=O) groups is 1. The zero-order chi connectivity index (χ0) is 18.1. The third kappa shape index (κ3) is 2.98. The van der Waals surface area contributed by atoms with E-state index in [1.54, 1.807) is 24.3 Å². The van der Waals surface area contributed by atoms with E-state index in [9.17, 15) is 9.59 Å². The maximum Gasteiger partial charge on any atom is 0.307 e. The average Bonchev–Trinajstić information content (AvgIpc) is 3.08. The van der Waals surface area contributed by atoms with Crippen LogP contribution in [0, 0.1) is 0 Å². The van der Waals surface area contributed by atoms with Crippen molar-refractivity contribution in [3.63, 3.8) is 0 Å². The van der Waals surface area contributed by atoms with E-state index in [-0.39, 0.29) is 16.8 Å². The van der Waals surface area contributed by atoms with Gasteiger partial charge in [0.25, 0.3) is 0 Å². The molecule has 0 atom stereocenters. The van der Waals surface area contributed by atoms with Crippen LogP contribution in [0.1, 0.15) is 16.1 Å². The van der Waals surface area contributed by atoms with Gasteiger partial charge in [0, 0.05) is 10.4 Å². The first-order chi connectivity index (χ1) is 12.6. The van der Waals surface area contributed by atoms with Gasteiger partial charge in [0.1, 0.15) is 17.4 Å². The van der Waals surface area contributed by atoms with Gasteiger partial charge >= 0.3 is 5.91 Å². The zero-order valence-electron chi connectivity index (χ0n) is 13.2. The van der Waals surface area contributed by atoms with Crippen LogP contribution in [-0.4, -0.2) is 12.1 Å². The SMILES string of the molecule is O=C(N/N=C\c1coc2ccc(Cl)cc2c1=O)c1cc2ccccc2o1. The van der Waals surface area contributed by atoms with Crippen LogP contribution in [0.2, 0.25) is 5.02 Å². The molecule has 1 amide bonds. The second kappa shape index (κ2) is 6.50. The quantitative estimate of drug-likeness (QED) is 0.439. The van der Waals surface area contributed by atoms with Gasteiger partial charge in [-0.05, 0) is 30.3 Å². The number of furan rings is 1. The van der Waals surface area contributed by atoms with Gasteiger partial charge in [-0.15, -0.1) is 0 Å². The summed E-state index contributed by atoms with van der Waals surface area (Å²) in [5, 5.41) is 5.38. The fraction of sp³-hybridized carbons (Fsp3) is 0. The first kappa shape index (κ1) is 16.1. The number of nitrogens with one attached hydrogen (secondary N) is 1. The van der Waals surface area contributed by atoms with Crippen molar-refractivity contribution >= 4 is 45.7 Å². The number of benzene rings is 2. The van der Waals surface area contributed by atoms with Gasteiger partial charge in [0.15, 0.2) is 5.76 Å². The molecule has 26 heavy (non-hydrogen) atoms. The molecule has 0 saturated heterocycles. The lowest BCUT2D eigenvalue weighted by atomic mass is 10.2. The number of hydrogen-bond donors (Lipinski definition) is 1. The van der Waals surface area contributed by atoms with Crippen LogP contribution in [0.3, 0.4) is 0 Å². The molecule has 2 heterocycles. The Morgan fingerprint density at radius 1 is 1.12 bits per heavy atom. The van der Waals surface area contributed by atoms with Crippen molar-refractivity contribution in [1.29, 1.82) is 0 Å². The van der Waals surface area contributed by atoms with Gasteiger partial charge in [-0.3, -0.25) is 9.59 Å². The second-order valence-electron chi connectivity index (χ2n) is 5.51. The van der Waals surface area contributed by atoms with Gasteiger partial charge in [0.05, 0.1) is 17.2 Å². The number of rotatable bonds is 3. The van der Waals surface area contributed by atoms with Crippen LogP contribution in [0.5, 0.6) is 0 Å². The van der Waals surface area contributed by atoms with E-state index >= 15 is 0 Å². The van der Waals surface area contributed by atoms with Crippen molar-refractivity contribution in [3.8, 4) is 0 Å². The molecular formula is C19H11ClN2O4. The molecule has 128 valence electrons. The van der Waals surface area contributed by atoms with Gasteiger partial charge < -0.3 is 8.83 Å². The van der Waals surface area contributed by atoms with E-state index < -0.39 is 5.91 Å². The molecule has 0 saturated carbocycles. The Morgan fingerprint density at radius 3 is 2.81 bits per heavy atom. The molecule has 7 heteroatoms. The lowest BCUT2D eigenvalue weighted by Crippen LogP contribution is -2.18. The molecule has 0 aliphatic carbocycles. The Hall–Kier alpha value is -3.38. The topological polar surface area (TPSA) is 84.8 Å². The Bertz CT molecular complexity index is 1190. The minimum Gasteiger partial charge on any atom is -0.463 e. The van der Waals surface area contributed by atoms with E-state index in [2.05, 4.69) is 10.5 Å². The fourth-order valence-corrected chi connectivity index (χ4v) is 2.69. The van der Waals surface area contributed by atoms with Crippen molar-refractivity contribution in [2.75, 3.05) is 0 Å². The van der Waals surface area contributed by atoms with Crippen LogP contribution in [0.25, 0.3) is 21.9 Å². The Morgan fingerprint density at radius 2 is 1.96 bits per heavy atom. The van der Waals surface area contributed by atoms with Crippen molar-refractivity contribution in [1.82, 2.24) is 5.43 Å². The number of hydrogen-bond acceptors (Lipinski definition) is 5. The average molecular weight is 367 g/mol. The van der Waals surface area contributed by atoms with Gasteiger partial charge in [-0.1, -0.05) is 29.8 Å². The molecule has 0 bridgehead atoms. The second-order valence-corrected chi connectivity index (χ2v) is 5.94. The monoisotopic (exact) mass is 366 g/mol. The van der Waals surface area contributed by atoms with Crippen molar-refractivity contribution < 1.29 is 13.6 Å². The summed E-state index contributed by atoms with van der Waals surface area (Å²) in [6.07, 6.45) is 2.49. The van der Waals surface area contributed by atoms with Gasteiger partial charge in [0.2, 0.25) is 5.43 Å². The molecule has 0 aliphatic heterocycles. The smallest absolute Gasteiger partial charge is 0.307 e. The molecule has 2 aromatic heterocycles. The third-order valence-electron chi connectivity index (χ3n) is 3.78. The van der Waals surface area contributed by atoms with E-state index in [4.69, 9.17) is 20.4 Å². The molecule has 4 aromatic rings. The lowest BCUT2D eigenvalue weighted by molar-refractivity contribution is 0.0929. The van der Waals surface area contributed by atoms with Crippen LogP contribution in [-0.2, 0) is 0 Å². The Labute approximate surface area is 151 Å². The summed E-state index contributed by atoms with van der Waals surface area (Å²) < 4.78 is 10.8. The summed E-state index contributed by atoms with van der Waals surface area (Å²) in [5.74, 6) is -0.397. The number of nitrogens with zero attached hydrogens (tertiary/aromatic N) is 1. The molecule has 2 aromatic carbocycles. The number of carbonyl (C=O) groups excluding carboxylic acids is 1. The largest absolute Gasteiger partial charge is 0.463 e. The number of amides is 1. The normalized spacial score (nSPS) is 11.4.